The third-order valence-electron chi connectivity index (χ3n) is 1.92. The topological polar surface area (TPSA) is 37.3 Å². The fourth-order valence-electron chi connectivity index (χ4n) is 1.04. The van der Waals surface area contributed by atoms with E-state index in [0.717, 1.165) is 0 Å². The number of aliphatic hydroxyl groups excluding tert-OH is 1. The van der Waals surface area contributed by atoms with Crippen LogP contribution in [0, 0.1) is 11.7 Å². The lowest BCUT2D eigenvalue weighted by molar-refractivity contribution is -0.113. The van der Waals surface area contributed by atoms with Gasteiger partial charge in [-0.05, 0) is 17.7 Å². The van der Waals surface area contributed by atoms with Crippen LogP contribution < -0.4 is 0 Å². The van der Waals surface area contributed by atoms with Crippen molar-refractivity contribution in [3.8, 4) is 0 Å². The fourth-order valence-corrected chi connectivity index (χ4v) is 1.04. The molecule has 70 valence electrons. The molecule has 1 aromatic rings. The smallest absolute Gasteiger partial charge is 0.125 e. The molecule has 2 atom stereocenters. The van der Waals surface area contributed by atoms with Crippen LogP contribution in [0.5, 0.6) is 0 Å². The second-order valence-corrected chi connectivity index (χ2v) is 2.99. The Morgan fingerprint density at radius 2 is 1.92 bits per heavy atom. The highest BCUT2D eigenvalue weighted by atomic mass is 19.1. The minimum atomic E-state index is -0.849. The Balaban J connectivity index is 2.82. The highest BCUT2D eigenvalue weighted by Crippen LogP contribution is 2.20. The van der Waals surface area contributed by atoms with Gasteiger partial charge in [0, 0.05) is 5.92 Å². The van der Waals surface area contributed by atoms with E-state index in [0.29, 0.717) is 11.8 Å². The Bertz CT molecular complexity index is 281. The summed E-state index contributed by atoms with van der Waals surface area (Å²) in [6.07, 6.45) is -0.174. The molecule has 0 radical (unpaired) electrons. The maximum Gasteiger partial charge on any atom is 0.125 e. The Labute approximate surface area is 76.0 Å². The van der Waals surface area contributed by atoms with Crippen molar-refractivity contribution < 1.29 is 14.3 Å². The zero-order valence-corrected chi connectivity index (χ0v) is 7.27. The van der Waals surface area contributed by atoms with Crippen molar-refractivity contribution in [3.63, 3.8) is 0 Å². The van der Waals surface area contributed by atoms with Crippen molar-refractivity contribution in [3.05, 3.63) is 35.6 Å². The molecule has 0 spiro atoms. The largest absolute Gasteiger partial charge is 0.388 e. The van der Waals surface area contributed by atoms with Crippen LogP contribution in [0.25, 0.3) is 0 Å². The van der Waals surface area contributed by atoms with Crippen LogP contribution >= 0.6 is 0 Å². The molecule has 1 aromatic carbocycles. The second-order valence-electron chi connectivity index (χ2n) is 2.99. The number of aldehydes is 1. The van der Waals surface area contributed by atoms with Crippen molar-refractivity contribution in [1.29, 1.82) is 0 Å². The molecule has 0 saturated carbocycles. The highest BCUT2D eigenvalue weighted by Gasteiger charge is 2.14. The molecule has 0 heterocycles. The van der Waals surface area contributed by atoms with E-state index >= 15 is 0 Å². The predicted octanol–water partition coefficient (Wildman–Crippen LogP) is 1.69. The molecule has 2 nitrogen and oxygen atoms in total. The molecule has 0 aliphatic carbocycles. The molecule has 0 fully saturated rings. The van der Waals surface area contributed by atoms with Gasteiger partial charge in [0.05, 0.1) is 6.10 Å². The molecular weight excluding hydrogens is 171 g/mol. The number of rotatable bonds is 3. The molecule has 0 bridgehead atoms. The van der Waals surface area contributed by atoms with Gasteiger partial charge in [0.15, 0.2) is 0 Å². The molecular formula is C10H11FO2. The molecule has 0 aliphatic rings. The molecule has 1 N–H and O–H groups in total. The van der Waals surface area contributed by atoms with Gasteiger partial charge in [0.2, 0.25) is 0 Å². The predicted molar refractivity (Wildman–Crippen MR) is 46.6 cm³/mol. The van der Waals surface area contributed by atoms with Crippen molar-refractivity contribution in [2.75, 3.05) is 0 Å². The van der Waals surface area contributed by atoms with Crippen molar-refractivity contribution in [1.82, 2.24) is 0 Å². The van der Waals surface area contributed by atoms with E-state index in [2.05, 4.69) is 0 Å². The summed E-state index contributed by atoms with van der Waals surface area (Å²) in [6.45, 7) is 1.61. The van der Waals surface area contributed by atoms with Gasteiger partial charge in [-0.25, -0.2) is 4.39 Å². The minimum absolute atomic E-state index is 0.352. The van der Waals surface area contributed by atoms with E-state index in [-0.39, 0.29) is 5.82 Å². The van der Waals surface area contributed by atoms with E-state index in [9.17, 15) is 14.3 Å². The summed E-state index contributed by atoms with van der Waals surface area (Å²) in [7, 11) is 0. The van der Waals surface area contributed by atoms with E-state index in [1.165, 1.54) is 24.3 Å². The lowest BCUT2D eigenvalue weighted by Gasteiger charge is -2.13. The lowest BCUT2D eigenvalue weighted by atomic mass is 9.99. The summed E-state index contributed by atoms with van der Waals surface area (Å²) in [6, 6.07) is 5.46. The van der Waals surface area contributed by atoms with Gasteiger partial charge >= 0.3 is 0 Å². The normalized spacial score (nSPS) is 15.0. The summed E-state index contributed by atoms with van der Waals surface area (Å²) in [4.78, 5) is 10.4. The summed E-state index contributed by atoms with van der Waals surface area (Å²) in [5.41, 5.74) is 0.556. The standard InChI is InChI=1S/C10H11FO2/c1-7(6-12)10(13)8-2-4-9(11)5-3-8/h2-7,10,13H,1H3/t7-,10-/m1/s1. The van der Waals surface area contributed by atoms with Crippen LogP contribution in [0.2, 0.25) is 0 Å². The number of hydrogen-bond donors (Lipinski definition) is 1. The maximum absolute atomic E-state index is 12.5. The first-order valence-electron chi connectivity index (χ1n) is 4.04. The van der Waals surface area contributed by atoms with Crippen LogP contribution in [-0.2, 0) is 4.79 Å². The van der Waals surface area contributed by atoms with Gasteiger partial charge in [-0.2, -0.15) is 0 Å². The van der Waals surface area contributed by atoms with Crippen molar-refractivity contribution in [2.45, 2.75) is 13.0 Å². The van der Waals surface area contributed by atoms with Crippen LogP contribution in [0.15, 0.2) is 24.3 Å². The first-order chi connectivity index (χ1) is 6.15. The van der Waals surface area contributed by atoms with Gasteiger partial charge in [-0.15, -0.1) is 0 Å². The molecule has 0 amide bonds. The van der Waals surface area contributed by atoms with E-state index in [1.807, 2.05) is 0 Å². The summed E-state index contributed by atoms with van der Waals surface area (Å²) >= 11 is 0. The Kier molecular flexibility index (Phi) is 3.14. The third kappa shape index (κ3) is 2.36. The summed E-state index contributed by atoms with van der Waals surface area (Å²) in [5.74, 6) is -0.819. The average Bonchev–Trinajstić information content (AvgIpc) is 2.17. The van der Waals surface area contributed by atoms with Crippen molar-refractivity contribution >= 4 is 6.29 Å². The van der Waals surface area contributed by atoms with Crippen LogP contribution in [0.3, 0.4) is 0 Å². The van der Waals surface area contributed by atoms with Gasteiger partial charge in [0.25, 0.3) is 0 Å². The number of aliphatic hydroxyl groups is 1. The summed E-state index contributed by atoms with van der Waals surface area (Å²) < 4.78 is 12.5. The van der Waals surface area contributed by atoms with E-state index < -0.39 is 12.0 Å². The average molecular weight is 182 g/mol. The quantitative estimate of drug-likeness (QED) is 0.722. The molecule has 0 aliphatic heterocycles. The van der Waals surface area contributed by atoms with Crippen LogP contribution in [-0.4, -0.2) is 11.4 Å². The number of hydrogen-bond acceptors (Lipinski definition) is 2. The Morgan fingerprint density at radius 1 is 1.38 bits per heavy atom. The van der Waals surface area contributed by atoms with Gasteiger partial charge in [-0.1, -0.05) is 19.1 Å². The zero-order chi connectivity index (χ0) is 9.84. The molecule has 0 aromatic heterocycles. The molecule has 0 unspecified atom stereocenters. The first-order valence-corrected chi connectivity index (χ1v) is 4.04. The van der Waals surface area contributed by atoms with Crippen molar-refractivity contribution in [2.24, 2.45) is 5.92 Å². The fraction of sp³-hybridized carbons (Fsp3) is 0.300. The van der Waals surface area contributed by atoms with E-state index in [4.69, 9.17) is 0 Å². The number of carbonyl (C=O) groups excluding carboxylic acids is 1. The van der Waals surface area contributed by atoms with E-state index in [1.54, 1.807) is 6.92 Å². The number of halogens is 1. The lowest BCUT2D eigenvalue weighted by Crippen LogP contribution is -2.09. The third-order valence-corrected chi connectivity index (χ3v) is 1.92. The summed E-state index contributed by atoms with van der Waals surface area (Å²) in [5, 5.41) is 9.53. The molecule has 3 heteroatoms. The highest BCUT2D eigenvalue weighted by molar-refractivity contribution is 5.54. The monoisotopic (exact) mass is 182 g/mol. The Morgan fingerprint density at radius 3 is 2.38 bits per heavy atom. The maximum atomic E-state index is 12.5. The van der Waals surface area contributed by atoms with Gasteiger partial charge in [-0.3, -0.25) is 0 Å². The molecule has 1 rings (SSSR count). The SMILES string of the molecule is C[C@H](C=O)[C@@H](O)c1ccc(F)cc1. The van der Waals surface area contributed by atoms with Crippen LogP contribution in [0.1, 0.15) is 18.6 Å². The van der Waals surface area contributed by atoms with Crippen LogP contribution in [0.4, 0.5) is 4.39 Å². The first kappa shape index (κ1) is 9.86. The number of carbonyl (C=O) groups is 1. The minimum Gasteiger partial charge on any atom is -0.388 e. The second kappa shape index (κ2) is 4.14. The van der Waals surface area contributed by atoms with Gasteiger partial charge < -0.3 is 9.90 Å². The zero-order valence-electron chi connectivity index (χ0n) is 7.27. The Hall–Kier alpha value is -1.22. The molecule has 13 heavy (non-hydrogen) atoms. The molecule has 0 saturated heterocycles. The van der Waals surface area contributed by atoms with Gasteiger partial charge in [0.1, 0.15) is 12.1 Å². The number of benzene rings is 1.